The van der Waals surface area contributed by atoms with E-state index in [0.29, 0.717) is 18.8 Å². The van der Waals surface area contributed by atoms with Gasteiger partial charge in [-0.2, -0.15) is 5.26 Å². The van der Waals surface area contributed by atoms with Gasteiger partial charge >= 0.3 is 6.09 Å². The summed E-state index contributed by atoms with van der Waals surface area (Å²) in [6.07, 6.45) is 8.24. The molecule has 3 atom stereocenters. The van der Waals surface area contributed by atoms with E-state index >= 15 is 0 Å². The second kappa shape index (κ2) is 4.70. The Morgan fingerprint density at radius 1 is 1.27 bits per heavy atom. The second-order valence-electron chi connectivity index (χ2n) is 6.96. The van der Waals surface area contributed by atoms with E-state index in [1.165, 1.54) is 18.4 Å². The Bertz CT molecular complexity index is 648. The maximum absolute atomic E-state index is 11.4. The Labute approximate surface area is 129 Å². The lowest BCUT2D eigenvalue weighted by Crippen LogP contribution is -2.51. The summed E-state index contributed by atoms with van der Waals surface area (Å²) in [6.45, 7) is 0. The summed E-state index contributed by atoms with van der Waals surface area (Å²) in [5, 5.41) is 19.3. The first kappa shape index (κ1) is 13.6. The van der Waals surface area contributed by atoms with Crippen LogP contribution >= 0.6 is 0 Å². The predicted octanol–water partition coefficient (Wildman–Crippen LogP) is 3.03. The molecule has 1 N–H and O–H groups in total. The minimum atomic E-state index is -0.844. The fraction of sp³-hybridized carbons (Fsp3) is 0.588. The van der Waals surface area contributed by atoms with Gasteiger partial charge in [0.25, 0.3) is 0 Å². The number of piperidine rings is 1. The molecule has 3 heterocycles. The third kappa shape index (κ3) is 1.98. The molecule has 0 aromatic carbocycles. The van der Waals surface area contributed by atoms with Gasteiger partial charge in [0.1, 0.15) is 0 Å². The Kier molecular flexibility index (Phi) is 2.90. The third-order valence-corrected chi connectivity index (χ3v) is 5.58. The number of pyridine rings is 1. The molecule has 0 spiro atoms. The molecule has 2 bridgehead atoms. The molecule has 1 unspecified atom stereocenters. The van der Waals surface area contributed by atoms with Crippen molar-refractivity contribution in [1.29, 1.82) is 5.26 Å². The lowest BCUT2D eigenvalue weighted by molar-refractivity contribution is 0.0856. The van der Waals surface area contributed by atoms with Gasteiger partial charge in [-0.05, 0) is 55.6 Å². The predicted molar refractivity (Wildman–Crippen MR) is 79.4 cm³/mol. The number of rotatable bonds is 2. The lowest BCUT2D eigenvalue weighted by Gasteiger charge is -2.41. The van der Waals surface area contributed by atoms with Crippen molar-refractivity contribution < 1.29 is 9.90 Å². The van der Waals surface area contributed by atoms with E-state index in [4.69, 9.17) is 0 Å². The molecule has 2 saturated heterocycles. The first-order chi connectivity index (χ1) is 10.6. The summed E-state index contributed by atoms with van der Waals surface area (Å²) < 4.78 is 0. The number of fused-ring (bicyclic) bond motifs is 2. The zero-order chi connectivity index (χ0) is 15.3. The van der Waals surface area contributed by atoms with Crippen LogP contribution in [0, 0.1) is 11.3 Å². The van der Waals surface area contributed by atoms with Gasteiger partial charge in [0.15, 0.2) is 0 Å². The van der Waals surface area contributed by atoms with Crippen LogP contribution < -0.4 is 0 Å². The number of amides is 1. The lowest BCUT2D eigenvalue weighted by atomic mass is 9.71. The topological polar surface area (TPSA) is 77.2 Å². The first-order valence-corrected chi connectivity index (χ1v) is 8.01. The smallest absolute Gasteiger partial charge is 0.407 e. The molecule has 3 fully saturated rings. The molecule has 5 nitrogen and oxygen atoms in total. The van der Waals surface area contributed by atoms with E-state index in [0.717, 1.165) is 18.4 Å². The molecular weight excluding hydrogens is 278 g/mol. The fourth-order valence-electron chi connectivity index (χ4n) is 4.31. The number of carboxylic acid groups (broad SMARTS) is 1. The van der Waals surface area contributed by atoms with Crippen LogP contribution in [0.5, 0.6) is 0 Å². The summed E-state index contributed by atoms with van der Waals surface area (Å²) in [7, 11) is 0. The van der Waals surface area contributed by atoms with Gasteiger partial charge in [0.2, 0.25) is 0 Å². The Morgan fingerprint density at radius 2 is 1.95 bits per heavy atom. The molecule has 1 aliphatic carbocycles. The number of nitrogens with zero attached hydrogens (tertiary/aromatic N) is 3. The highest BCUT2D eigenvalue weighted by atomic mass is 16.4. The van der Waals surface area contributed by atoms with Crippen molar-refractivity contribution in [2.24, 2.45) is 0 Å². The normalized spacial score (nSPS) is 33.5. The summed E-state index contributed by atoms with van der Waals surface area (Å²) >= 11 is 0. The quantitative estimate of drug-likeness (QED) is 0.910. The molecule has 1 saturated carbocycles. The minimum absolute atomic E-state index is 0.0273. The molecule has 4 rings (SSSR count). The number of nitriles is 1. The highest BCUT2D eigenvalue weighted by molar-refractivity contribution is 5.67. The van der Waals surface area contributed by atoms with Crippen molar-refractivity contribution in [3.05, 3.63) is 29.6 Å². The molecule has 2 aliphatic heterocycles. The molecule has 1 aromatic heterocycles. The maximum Gasteiger partial charge on any atom is 0.407 e. The zero-order valence-electron chi connectivity index (χ0n) is 12.4. The van der Waals surface area contributed by atoms with E-state index in [1.54, 1.807) is 4.90 Å². The highest BCUT2D eigenvalue weighted by Crippen LogP contribution is 2.48. The largest absolute Gasteiger partial charge is 0.465 e. The minimum Gasteiger partial charge on any atom is -0.465 e. The Morgan fingerprint density at radius 3 is 2.50 bits per heavy atom. The van der Waals surface area contributed by atoms with Gasteiger partial charge < -0.3 is 10.0 Å². The average Bonchev–Trinajstić information content (AvgIpc) is 3.33. The van der Waals surface area contributed by atoms with Crippen LogP contribution in [-0.2, 0) is 5.41 Å². The summed E-state index contributed by atoms with van der Waals surface area (Å²) in [6, 6.07) is 4.61. The van der Waals surface area contributed by atoms with Crippen molar-refractivity contribution >= 4 is 6.09 Å². The molecule has 1 aromatic rings. The van der Waals surface area contributed by atoms with E-state index in [1.807, 2.05) is 12.4 Å². The van der Waals surface area contributed by atoms with Crippen LogP contribution in [0.1, 0.15) is 55.6 Å². The number of hydrogen-bond acceptors (Lipinski definition) is 3. The van der Waals surface area contributed by atoms with Crippen LogP contribution in [0.2, 0.25) is 0 Å². The van der Waals surface area contributed by atoms with Gasteiger partial charge in [-0.1, -0.05) is 6.07 Å². The SMILES string of the molecule is N#CC1(c2cncc(C3CC3)c2)C[C@H]2CC[C@@H](C1)N2C(=O)O. The number of aromatic nitrogens is 1. The standard InChI is InChI=1S/C17H19N3O2/c18-10-17(13-5-12(8-19-9-13)11-1-2-11)6-14-3-4-15(7-17)20(14)16(21)22/h5,8-9,11,14-15H,1-4,6-7H2,(H,21,22)/t14-,15+,17?. The first-order valence-electron chi connectivity index (χ1n) is 8.01. The van der Waals surface area contributed by atoms with Crippen molar-refractivity contribution in [3.63, 3.8) is 0 Å². The van der Waals surface area contributed by atoms with Gasteiger partial charge in [0.05, 0.1) is 11.5 Å². The fourth-order valence-corrected chi connectivity index (χ4v) is 4.31. The van der Waals surface area contributed by atoms with Crippen molar-refractivity contribution in [2.45, 2.75) is 61.9 Å². The van der Waals surface area contributed by atoms with Crippen LogP contribution in [0.25, 0.3) is 0 Å². The average molecular weight is 297 g/mol. The Hall–Kier alpha value is -2.09. The van der Waals surface area contributed by atoms with Gasteiger partial charge in [-0.25, -0.2) is 4.79 Å². The van der Waals surface area contributed by atoms with Gasteiger partial charge in [0, 0.05) is 24.5 Å². The molecular formula is C17H19N3O2. The highest BCUT2D eigenvalue weighted by Gasteiger charge is 2.51. The van der Waals surface area contributed by atoms with Gasteiger partial charge in [-0.3, -0.25) is 4.98 Å². The summed E-state index contributed by atoms with van der Waals surface area (Å²) in [4.78, 5) is 17.4. The summed E-state index contributed by atoms with van der Waals surface area (Å²) in [5.74, 6) is 0.610. The molecule has 5 heteroatoms. The van der Waals surface area contributed by atoms with Crippen LogP contribution in [0.15, 0.2) is 18.5 Å². The van der Waals surface area contributed by atoms with E-state index in [9.17, 15) is 15.2 Å². The third-order valence-electron chi connectivity index (χ3n) is 5.58. The molecule has 3 aliphatic rings. The molecule has 1 amide bonds. The number of carbonyl (C=O) groups is 1. The molecule has 114 valence electrons. The summed E-state index contributed by atoms with van der Waals surface area (Å²) in [5.41, 5.74) is 1.65. The zero-order valence-corrected chi connectivity index (χ0v) is 12.4. The van der Waals surface area contributed by atoms with E-state index in [-0.39, 0.29) is 12.1 Å². The Balaban J connectivity index is 1.69. The van der Waals surface area contributed by atoms with E-state index < -0.39 is 11.5 Å². The molecule has 0 radical (unpaired) electrons. The van der Waals surface area contributed by atoms with Crippen molar-refractivity contribution in [3.8, 4) is 6.07 Å². The maximum atomic E-state index is 11.4. The van der Waals surface area contributed by atoms with Crippen LogP contribution in [-0.4, -0.2) is 33.2 Å². The number of hydrogen-bond donors (Lipinski definition) is 1. The van der Waals surface area contributed by atoms with Crippen molar-refractivity contribution in [2.75, 3.05) is 0 Å². The van der Waals surface area contributed by atoms with Crippen LogP contribution in [0.4, 0.5) is 4.79 Å². The van der Waals surface area contributed by atoms with E-state index in [2.05, 4.69) is 17.1 Å². The van der Waals surface area contributed by atoms with Crippen molar-refractivity contribution in [1.82, 2.24) is 9.88 Å². The molecule has 22 heavy (non-hydrogen) atoms. The van der Waals surface area contributed by atoms with Gasteiger partial charge in [-0.15, -0.1) is 0 Å². The monoisotopic (exact) mass is 297 g/mol. The second-order valence-corrected chi connectivity index (χ2v) is 6.96. The van der Waals surface area contributed by atoms with Crippen LogP contribution in [0.3, 0.4) is 0 Å².